The zero-order valence-corrected chi connectivity index (χ0v) is 12.6. The van der Waals surface area contributed by atoms with E-state index in [1.807, 2.05) is 18.2 Å². The summed E-state index contributed by atoms with van der Waals surface area (Å²) >= 11 is 0. The van der Waals surface area contributed by atoms with E-state index in [1.54, 1.807) is 0 Å². The largest absolute Gasteiger partial charge is 0.364 e. The standard InChI is InChI=1S/C16H21N5O/c17-16(22)15-14(18-20-19-15)13-8-4-3-7-12(13)11-21-9-5-1-2-6-10-21/h3-4,7-8H,1-2,5-6,9-11H2,(H2,17,22)(H,18,19,20). The number of hydrogen-bond acceptors (Lipinski definition) is 4. The fraction of sp³-hybridized carbons (Fsp3) is 0.438. The van der Waals surface area contributed by atoms with E-state index < -0.39 is 5.91 Å². The summed E-state index contributed by atoms with van der Waals surface area (Å²) in [4.78, 5) is 14.0. The van der Waals surface area contributed by atoms with Crippen LogP contribution in [0, 0.1) is 0 Å². The Morgan fingerprint density at radius 1 is 1.14 bits per heavy atom. The number of primary amides is 1. The van der Waals surface area contributed by atoms with Crippen LogP contribution in [0.15, 0.2) is 24.3 Å². The number of hydrogen-bond donors (Lipinski definition) is 2. The Morgan fingerprint density at radius 3 is 2.59 bits per heavy atom. The molecule has 0 bridgehead atoms. The second-order valence-corrected chi connectivity index (χ2v) is 5.73. The molecule has 1 aromatic heterocycles. The number of rotatable bonds is 4. The van der Waals surface area contributed by atoms with Gasteiger partial charge in [0.25, 0.3) is 5.91 Å². The SMILES string of the molecule is NC(=O)c1n[nH]nc1-c1ccccc1CN1CCCCCC1. The average Bonchev–Trinajstić information content (AvgIpc) is 2.87. The topological polar surface area (TPSA) is 87.9 Å². The van der Waals surface area contributed by atoms with Gasteiger partial charge >= 0.3 is 0 Å². The van der Waals surface area contributed by atoms with Crippen molar-refractivity contribution in [2.45, 2.75) is 32.2 Å². The molecule has 22 heavy (non-hydrogen) atoms. The van der Waals surface area contributed by atoms with Crippen LogP contribution in [0.3, 0.4) is 0 Å². The highest BCUT2D eigenvalue weighted by Gasteiger charge is 2.19. The van der Waals surface area contributed by atoms with Crippen molar-refractivity contribution >= 4 is 5.91 Å². The molecule has 0 saturated carbocycles. The lowest BCUT2D eigenvalue weighted by atomic mass is 10.0. The number of nitrogens with zero attached hydrogens (tertiary/aromatic N) is 3. The maximum Gasteiger partial charge on any atom is 0.271 e. The number of likely N-dealkylation sites (tertiary alicyclic amines) is 1. The summed E-state index contributed by atoms with van der Waals surface area (Å²) in [6.45, 7) is 3.10. The van der Waals surface area contributed by atoms with Gasteiger partial charge in [-0.25, -0.2) is 0 Å². The van der Waals surface area contributed by atoms with E-state index in [9.17, 15) is 4.79 Å². The summed E-state index contributed by atoms with van der Waals surface area (Å²) in [6.07, 6.45) is 5.12. The van der Waals surface area contributed by atoms with Gasteiger partial charge < -0.3 is 5.73 Å². The quantitative estimate of drug-likeness (QED) is 0.903. The van der Waals surface area contributed by atoms with Gasteiger partial charge in [-0.3, -0.25) is 9.69 Å². The summed E-state index contributed by atoms with van der Waals surface area (Å²) in [5, 5.41) is 10.5. The van der Waals surface area contributed by atoms with E-state index in [-0.39, 0.29) is 5.69 Å². The monoisotopic (exact) mass is 299 g/mol. The molecule has 1 saturated heterocycles. The summed E-state index contributed by atoms with van der Waals surface area (Å²) in [6, 6.07) is 8.01. The van der Waals surface area contributed by atoms with E-state index in [2.05, 4.69) is 26.4 Å². The summed E-state index contributed by atoms with van der Waals surface area (Å²) in [7, 11) is 0. The number of carbonyl (C=O) groups is 1. The third-order valence-electron chi connectivity index (χ3n) is 4.15. The smallest absolute Gasteiger partial charge is 0.271 e. The Morgan fingerprint density at radius 2 is 1.86 bits per heavy atom. The number of carbonyl (C=O) groups excluding carboxylic acids is 1. The maximum absolute atomic E-state index is 11.5. The minimum atomic E-state index is -0.562. The lowest BCUT2D eigenvalue weighted by molar-refractivity contribution is 0.0996. The molecule has 0 atom stereocenters. The van der Waals surface area contributed by atoms with Crippen LogP contribution < -0.4 is 5.73 Å². The lowest BCUT2D eigenvalue weighted by Gasteiger charge is -2.21. The number of aromatic nitrogens is 3. The number of nitrogens with one attached hydrogen (secondary N) is 1. The van der Waals surface area contributed by atoms with Gasteiger partial charge in [0.2, 0.25) is 0 Å². The van der Waals surface area contributed by atoms with Gasteiger partial charge in [0.15, 0.2) is 5.69 Å². The van der Waals surface area contributed by atoms with Gasteiger partial charge in [-0.15, -0.1) is 0 Å². The van der Waals surface area contributed by atoms with Crippen LogP contribution >= 0.6 is 0 Å². The predicted molar refractivity (Wildman–Crippen MR) is 84.1 cm³/mol. The van der Waals surface area contributed by atoms with Crippen molar-refractivity contribution in [2.75, 3.05) is 13.1 Å². The molecule has 6 nitrogen and oxygen atoms in total. The van der Waals surface area contributed by atoms with E-state index in [0.29, 0.717) is 5.69 Å². The van der Waals surface area contributed by atoms with Crippen molar-refractivity contribution in [1.82, 2.24) is 20.3 Å². The van der Waals surface area contributed by atoms with Crippen LogP contribution in [0.5, 0.6) is 0 Å². The highest BCUT2D eigenvalue weighted by atomic mass is 16.1. The molecule has 1 aromatic carbocycles. The molecule has 0 spiro atoms. The Labute approximate surface area is 129 Å². The second-order valence-electron chi connectivity index (χ2n) is 5.73. The molecule has 1 aliphatic heterocycles. The average molecular weight is 299 g/mol. The molecule has 116 valence electrons. The summed E-state index contributed by atoms with van der Waals surface area (Å²) in [5.41, 5.74) is 8.20. The third-order valence-corrected chi connectivity index (χ3v) is 4.15. The first-order valence-electron chi connectivity index (χ1n) is 7.77. The number of H-pyrrole nitrogens is 1. The van der Waals surface area contributed by atoms with E-state index in [0.717, 1.165) is 30.8 Å². The first kappa shape index (κ1) is 14.7. The van der Waals surface area contributed by atoms with E-state index in [1.165, 1.54) is 25.7 Å². The minimum Gasteiger partial charge on any atom is -0.364 e. The number of nitrogens with two attached hydrogens (primary N) is 1. The van der Waals surface area contributed by atoms with E-state index >= 15 is 0 Å². The molecule has 2 heterocycles. The van der Waals surface area contributed by atoms with Gasteiger partial charge in [0.1, 0.15) is 5.69 Å². The van der Waals surface area contributed by atoms with Gasteiger partial charge in [0, 0.05) is 12.1 Å². The molecule has 0 radical (unpaired) electrons. The van der Waals surface area contributed by atoms with Gasteiger partial charge in [-0.2, -0.15) is 15.4 Å². The van der Waals surface area contributed by atoms with Crippen molar-refractivity contribution in [1.29, 1.82) is 0 Å². The lowest BCUT2D eigenvalue weighted by Crippen LogP contribution is -2.24. The molecular formula is C16H21N5O. The van der Waals surface area contributed by atoms with Gasteiger partial charge in [0.05, 0.1) is 0 Å². The molecule has 0 unspecified atom stereocenters. The summed E-state index contributed by atoms with van der Waals surface area (Å²) < 4.78 is 0. The number of amides is 1. The molecular weight excluding hydrogens is 278 g/mol. The van der Waals surface area contributed by atoms with Crippen LogP contribution in [-0.2, 0) is 6.54 Å². The zero-order chi connectivity index (χ0) is 15.4. The van der Waals surface area contributed by atoms with Crippen LogP contribution in [0.1, 0.15) is 41.7 Å². The number of aromatic amines is 1. The van der Waals surface area contributed by atoms with Gasteiger partial charge in [-0.1, -0.05) is 37.1 Å². The fourth-order valence-electron chi connectivity index (χ4n) is 3.01. The molecule has 1 amide bonds. The fourth-order valence-corrected chi connectivity index (χ4v) is 3.01. The van der Waals surface area contributed by atoms with Crippen molar-refractivity contribution < 1.29 is 4.79 Å². The molecule has 0 aliphatic carbocycles. The van der Waals surface area contributed by atoms with Crippen molar-refractivity contribution in [2.24, 2.45) is 5.73 Å². The Hall–Kier alpha value is -2.21. The van der Waals surface area contributed by atoms with Crippen LogP contribution in [-0.4, -0.2) is 39.3 Å². The van der Waals surface area contributed by atoms with Crippen LogP contribution in [0.4, 0.5) is 0 Å². The Balaban J connectivity index is 1.89. The van der Waals surface area contributed by atoms with Crippen LogP contribution in [0.25, 0.3) is 11.3 Å². The molecule has 1 fully saturated rings. The van der Waals surface area contributed by atoms with Gasteiger partial charge in [-0.05, 0) is 31.5 Å². The molecule has 1 aliphatic rings. The third kappa shape index (κ3) is 3.17. The molecule has 3 N–H and O–H groups in total. The normalized spacial score (nSPS) is 16.4. The first-order chi connectivity index (χ1) is 10.8. The zero-order valence-electron chi connectivity index (χ0n) is 12.6. The highest BCUT2D eigenvalue weighted by molar-refractivity contribution is 5.97. The molecule has 3 rings (SSSR count). The Kier molecular flexibility index (Phi) is 4.48. The van der Waals surface area contributed by atoms with Crippen molar-refractivity contribution in [3.63, 3.8) is 0 Å². The number of benzene rings is 1. The molecule has 6 heteroatoms. The van der Waals surface area contributed by atoms with E-state index in [4.69, 9.17) is 5.73 Å². The Bertz CT molecular complexity index is 643. The minimum absolute atomic E-state index is 0.198. The molecule has 2 aromatic rings. The van der Waals surface area contributed by atoms with Crippen molar-refractivity contribution in [3.8, 4) is 11.3 Å². The second kappa shape index (κ2) is 6.70. The highest BCUT2D eigenvalue weighted by Crippen LogP contribution is 2.25. The van der Waals surface area contributed by atoms with Crippen LogP contribution in [0.2, 0.25) is 0 Å². The van der Waals surface area contributed by atoms with Crippen molar-refractivity contribution in [3.05, 3.63) is 35.5 Å². The summed E-state index contributed by atoms with van der Waals surface area (Å²) in [5.74, 6) is -0.562. The maximum atomic E-state index is 11.5. The first-order valence-corrected chi connectivity index (χ1v) is 7.77. The predicted octanol–water partition coefficient (Wildman–Crippen LogP) is 1.95.